The Morgan fingerprint density at radius 1 is 0.258 bits per heavy atom. The summed E-state index contributed by atoms with van der Waals surface area (Å²) in [5, 5.41) is 4.90. The van der Waals surface area contributed by atoms with E-state index in [0.717, 1.165) is 33.8 Å². The van der Waals surface area contributed by atoms with Crippen LogP contribution in [0, 0.1) is 0 Å². The van der Waals surface area contributed by atoms with Crippen molar-refractivity contribution in [2.24, 2.45) is 0 Å². The number of nitrogens with zero attached hydrogens (tertiary/aromatic N) is 2. The van der Waals surface area contributed by atoms with Gasteiger partial charge in [-0.15, -0.1) is 0 Å². The van der Waals surface area contributed by atoms with E-state index in [9.17, 15) is 0 Å². The molecule has 2 nitrogen and oxygen atoms in total. The van der Waals surface area contributed by atoms with Gasteiger partial charge in [-0.25, -0.2) is 0 Å². The summed E-state index contributed by atoms with van der Waals surface area (Å²) in [6.07, 6.45) is 0. The van der Waals surface area contributed by atoms with Crippen LogP contribution in [0.15, 0.2) is 267 Å². The van der Waals surface area contributed by atoms with Crippen molar-refractivity contribution in [1.29, 1.82) is 0 Å². The van der Waals surface area contributed by atoms with E-state index in [4.69, 9.17) is 0 Å². The van der Waals surface area contributed by atoms with Gasteiger partial charge in [0.1, 0.15) is 0 Å². The van der Waals surface area contributed by atoms with Crippen molar-refractivity contribution in [3.63, 3.8) is 0 Å². The maximum atomic E-state index is 2.44. The third kappa shape index (κ3) is 6.84. The minimum Gasteiger partial charge on any atom is -0.310 e. The Morgan fingerprint density at radius 2 is 0.667 bits per heavy atom. The SMILES string of the molecule is c1ccc(-c2ccccc2-c2ccccc2-c2ccc(N(c3ccc(-c4cccc5cccc(-c6ccccc6)c45)cc3)c3cccc4c3c3ccccc3n4-c3ccccc3)cc2)cc1. The van der Waals surface area contributed by atoms with Crippen LogP contribution in [0.2, 0.25) is 0 Å². The largest absolute Gasteiger partial charge is 0.310 e. The molecule has 0 N–H and O–H groups in total. The van der Waals surface area contributed by atoms with E-state index >= 15 is 0 Å². The highest BCUT2D eigenvalue weighted by Gasteiger charge is 2.22. The second kappa shape index (κ2) is 16.8. The zero-order valence-electron chi connectivity index (χ0n) is 36.3. The van der Waals surface area contributed by atoms with E-state index in [1.165, 1.54) is 77.1 Å². The summed E-state index contributed by atoms with van der Waals surface area (Å²) in [6, 6.07) is 96.8. The Balaban J connectivity index is 1.02. The van der Waals surface area contributed by atoms with Crippen LogP contribution in [-0.2, 0) is 0 Å². The minimum absolute atomic E-state index is 1.08. The third-order valence-electron chi connectivity index (χ3n) is 13.0. The van der Waals surface area contributed by atoms with Crippen LogP contribution < -0.4 is 4.90 Å². The van der Waals surface area contributed by atoms with Gasteiger partial charge in [-0.3, -0.25) is 0 Å². The van der Waals surface area contributed by atoms with E-state index in [2.05, 4.69) is 276 Å². The number of benzene rings is 11. The molecule has 0 aliphatic rings. The molecule has 2 heteroatoms. The number of hydrogen-bond acceptors (Lipinski definition) is 1. The number of fused-ring (bicyclic) bond motifs is 4. The topological polar surface area (TPSA) is 8.17 Å². The quantitative estimate of drug-likeness (QED) is 0.141. The van der Waals surface area contributed by atoms with Crippen molar-refractivity contribution in [1.82, 2.24) is 4.57 Å². The average molecular weight is 841 g/mol. The number of rotatable bonds is 9. The van der Waals surface area contributed by atoms with Gasteiger partial charge >= 0.3 is 0 Å². The van der Waals surface area contributed by atoms with Crippen LogP contribution in [0.1, 0.15) is 0 Å². The normalized spacial score (nSPS) is 11.3. The summed E-state index contributed by atoms with van der Waals surface area (Å²) in [5.74, 6) is 0. The molecule has 310 valence electrons. The van der Waals surface area contributed by atoms with Gasteiger partial charge in [0.25, 0.3) is 0 Å². The van der Waals surface area contributed by atoms with Crippen LogP contribution in [0.4, 0.5) is 17.1 Å². The summed E-state index contributed by atoms with van der Waals surface area (Å²) in [4.78, 5) is 2.44. The fourth-order valence-corrected chi connectivity index (χ4v) is 10.0. The maximum absolute atomic E-state index is 2.44. The van der Waals surface area contributed by atoms with Crippen LogP contribution in [0.3, 0.4) is 0 Å². The Morgan fingerprint density at radius 3 is 1.24 bits per heavy atom. The lowest BCUT2D eigenvalue weighted by Gasteiger charge is -2.27. The lowest BCUT2D eigenvalue weighted by Crippen LogP contribution is -2.10. The van der Waals surface area contributed by atoms with E-state index in [-0.39, 0.29) is 0 Å². The molecule has 0 fully saturated rings. The molecule has 0 saturated carbocycles. The first-order valence-corrected chi connectivity index (χ1v) is 22.7. The van der Waals surface area contributed by atoms with Crippen LogP contribution >= 0.6 is 0 Å². The van der Waals surface area contributed by atoms with Gasteiger partial charge in [0.05, 0.1) is 16.7 Å². The molecule has 0 bridgehead atoms. The lowest BCUT2D eigenvalue weighted by molar-refractivity contribution is 1.18. The Bertz CT molecular complexity index is 3660. The molecule has 11 aromatic carbocycles. The molecule has 1 heterocycles. The molecule has 0 aliphatic heterocycles. The van der Waals surface area contributed by atoms with Crippen molar-refractivity contribution in [2.45, 2.75) is 0 Å². The van der Waals surface area contributed by atoms with Crippen LogP contribution in [0.5, 0.6) is 0 Å². The Hall–Kier alpha value is -8.72. The van der Waals surface area contributed by atoms with Gasteiger partial charge in [0, 0.05) is 27.8 Å². The van der Waals surface area contributed by atoms with Gasteiger partial charge in [-0.05, 0) is 121 Å². The smallest absolute Gasteiger partial charge is 0.0562 e. The molecular formula is C64H44N2. The first kappa shape index (κ1) is 38.9. The van der Waals surface area contributed by atoms with Crippen LogP contribution in [0.25, 0.3) is 93.9 Å². The zero-order chi connectivity index (χ0) is 43.8. The molecule has 0 aliphatic carbocycles. The number of para-hydroxylation sites is 2. The van der Waals surface area contributed by atoms with Crippen molar-refractivity contribution < 1.29 is 0 Å². The van der Waals surface area contributed by atoms with Crippen molar-refractivity contribution in [3.05, 3.63) is 267 Å². The van der Waals surface area contributed by atoms with Gasteiger partial charge < -0.3 is 9.47 Å². The predicted molar refractivity (Wildman–Crippen MR) is 280 cm³/mol. The second-order valence-electron chi connectivity index (χ2n) is 16.8. The first-order chi connectivity index (χ1) is 32.8. The lowest BCUT2D eigenvalue weighted by atomic mass is 9.89. The van der Waals surface area contributed by atoms with E-state index in [1.807, 2.05) is 0 Å². The third-order valence-corrected chi connectivity index (χ3v) is 13.0. The standard InChI is InChI=1S/C64H44N2/c1-4-19-45(20-5-1)53-27-10-12-29-57(53)58-30-13-11-28-54(58)47-37-41-51(42-38-47)65(61-35-18-36-62-64(61)59-31-14-15-34-60(59)66(62)50-25-8-3-9-26-50)52-43-39-48(40-44-52)56-33-17-24-49-23-16-32-55(63(49)56)46-21-6-2-7-22-46/h1-44H. The van der Waals surface area contributed by atoms with Gasteiger partial charge in [0.15, 0.2) is 0 Å². The summed E-state index contributed by atoms with van der Waals surface area (Å²) in [5.41, 5.74) is 18.8. The highest BCUT2D eigenvalue weighted by molar-refractivity contribution is 6.16. The number of hydrogen-bond donors (Lipinski definition) is 0. The van der Waals surface area contributed by atoms with Crippen molar-refractivity contribution in [3.8, 4) is 61.3 Å². The average Bonchev–Trinajstić information content (AvgIpc) is 3.75. The summed E-state index contributed by atoms with van der Waals surface area (Å²) < 4.78 is 2.40. The van der Waals surface area contributed by atoms with Crippen LogP contribution in [-0.4, -0.2) is 4.57 Å². The highest BCUT2D eigenvalue weighted by Crippen LogP contribution is 2.46. The fourth-order valence-electron chi connectivity index (χ4n) is 10.0. The molecule has 0 saturated heterocycles. The molecule has 0 amide bonds. The zero-order valence-corrected chi connectivity index (χ0v) is 36.3. The Labute approximate surface area is 385 Å². The summed E-state index contributed by atoms with van der Waals surface area (Å²) >= 11 is 0. The maximum Gasteiger partial charge on any atom is 0.0562 e. The second-order valence-corrected chi connectivity index (χ2v) is 16.8. The van der Waals surface area contributed by atoms with Crippen molar-refractivity contribution >= 4 is 49.6 Å². The van der Waals surface area contributed by atoms with Crippen molar-refractivity contribution in [2.75, 3.05) is 4.90 Å². The van der Waals surface area contributed by atoms with E-state index < -0.39 is 0 Å². The number of aromatic nitrogens is 1. The fraction of sp³-hybridized carbons (Fsp3) is 0. The monoisotopic (exact) mass is 840 g/mol. The van der Waals surface area contributed by atoms with Gasteiger partial charge in [-0.1, -0.05) is 212 Å². The minimum atomic E-state index is 1.08. The molecular weight excluding hydrogens is 797 g/mol. The van der Waals surface area contributed by atoms with E-state index in [1.54, 1.807) is 0 Å². The molecule has 0 radical (unpaired) electrons. The Kier molecular flexibility index (Phi) is 9.89. The summed E-state index contributed by atoms with van der Waals surface area (Å²) in [6.45, 7) is 0. The van der Waals surface area contributed by atoms with Gasteiger partial charge in [0.2, 0.25) is 0 Å². The van der Waals surface area contributed by atoms with Gasteiger partial charge in [-0.2, -0.15) is 0 Å². The molecule has 0 unspecified atom stereocenters. The first-order valence-electron chi connectivity index (χ1n) is 22.7. The molecule has 1 aromatic heterocycles. The molecule has 0 spiro atoms. The molecule has 0 atom stereocenters. The summed E-state index contributed by atoms with van der Waals surface area (Å²) in [7, 11) is 0. The number of anilines is 3. The molecule has 66 heavy (non-hydrogen) atoms. The molecule has 12 aromatic rings. The highest BCUT2D eigenvalue weighted by atomic mass is 15.1. The van der Waals surface area contributed by atoms with E-state index in [0.29, 0.717) is 0 Å². The predicted octanol–water partition coefficient (Wildman–Crippen LogP) is 17.7. The molecule has 12 rings (SSSR count).